The molecular formula is C19H21N2O2S+. The third-order valence-corrected chi connectivity index (χ3v) is 5.98. The minimum atomic E-state index is -3.60. The van der Waals surface area contributed by atoms with Gasteiger partial charge in [0.2, 0.25) is 15.4 Å². The van der Waals surface area contributed by atoms with E-state index in [4.69, 9.17) is 0 Å². The van der Waals surface area contributed by atoms with Gasteiger partial charge in [0.25, 0.3) is 0 Å². The van der Waals surface area contributed by atoms with Gasteiger partial charge in [-0.2, -0.15) is 0 Å². The van der Waals surface area contributed by atoms with E-state index in [9.17, 15) is 8.42 Å². The molecule has 3 rings (SSSR count). The lowest BCUT2D eigenvalue weighted by Gasteiger charge is -2.24. The molecule has 124 valence electrons. The molecule has 0 atom stereocenters. The molecular weight excluding hydrogens is 320 g/mol. The van der Waals surface area contributed by atoms with Crippen molar-refractivity contribution in [1.29, 1.82) is 0 Å². The zero-order valence-electron chi connectivity index (χ0n) is 13.9. The molecule has 0 spiro atoms. The Morgan fingerprint density at radius 2 is 1.54 bits per heavy atom. The molecule has 2 aromatic carbocycles. The van der Waals surface area contributed by atoms with Crippen molar-refractivity contribution in [3.8, 4) is 0 Å². The third kappa shape index (κ3) is 2.76. The lowest BCUT2D eigenvalue weighted by molar-refractivity contribution is -0.347. The van der Waals surface area contributed by atoms with Crippen LogP contribution in [0.15, 0.2) is 70.6 Å². The smallest absolute Gasteiger partial charge is 0.214 e. The standard InChI is InChI=1S/C19H20N2O2S/c1-3-21(4-2)19-16-12-8-9-13-17(16)20-14-18(19)24(22,23)15-10-6-5-7-11-15/h5-14H,3-4H2,1-2H3/p+1. The topological polar surface area (TPSA) is 51.5 Å². The van der Waals surface area contributed by atoms with Gasteiger partial charge in [-0.3, -0.25) is 0 Å². The number of nitrogens with one attached hydrogen (secondary N) is 1. The predicted octanol–water partition coefficient (Wildman–Crippen LogP) is 3.33. The lowest BCUT2D eigenvalue weighted by atomic mass is 10.1. The van der Waals surface area contributed by atoms with E-state index in [2.05, 4.69) is 9.88 Å². The molecule has 24 heavy (non-hydrogen) atoms. The monoisotopic (exact) mass is 341 g/mol. The molecule has 1 aromatic heterocycles. The summed E-state index contributed by atoms with van der Waals surface area (Å²) in [5.74, 6) is 0. The minimum absolute atomic E-state index is 0.307. The summed E-state index contributed by atoms with van der Waals surface area (Å²) in [7, 11) is -3.60. The van der Waals surface area contributed by atoms with Crippen LogP contribution in [0, 0.1) is 0 Å². The molecule has 0 aliphatic rings. The van der Waals surface area contributed by atoms with Crippen molar-refractivity contribution in [1.82, 2.24) is 0 Å². The van der Waals surface area contributed by atoms with Gasteiger partial charge in [0.15, 0.2) is 11.1 Å². The second kappa shape index (κ2) is 6.61. The minimum Gasteiger partial charge on any atom is -0.370 e. The van der Waals surface area contributed by atoms with Gasteiger partial charge >= 0.3 is 0 Å². The molecule has 1 N–H and O–H groups in total. The zero-order valence-corrected chi connectivity index (χ0v) is 14.7. The Morgan fingerprint density at radius 1 is 0.917 bits per heavy atom. The van der Waals surface area contributed by atoms with Gasteiger partial charge in [-0.15, -0.1) is 0 Å². The Kier molecular flexibility index (Phi) is 4.53. The first-order chi connectivity index (χ1) is 11.6. The molecule has 0 radical (unpaired) electrons. The van der Waals surface area contributed by atoms with Gasteiger partial charge < -0.3 is 4.90 Å². The molecule has 0 unspecified atom stereocenters. The van der Waals surface area contributed by atoms with Gasteiger partial charge in [-0.1, -0.05) is 30.3 Å². The van der Waals surface area contributed by atoms with Gasteiger partial charge in [0, 0.05) is 19.2 Å². The maximum Gasteiger partial charge on any atom is 0.214 e. The SMILES string of the molecule is CCN(CC)c1c(S(=O)(=O)c2ccccc2)c[nH+]c2ccccc12. The number of H-pyrrole nitrogens is 1. The van der Waals surface area contributed by atoms with Crippen molar-refractivity contribution < 1.29 is 13.4 Å². The normalized spacial score (nSPS) is 11.6. The van der Waals surface area contributed by atoms with Crippen molar-refractivity contribution in [2.45, 2.75) is 23.6 Å². The molecule has 0 fully saturated rings. The van der Waals surface area contributed by atoms with Crippen molar-refractivity contribution in [2.75, 3.05) is 18.0 Å². The summed E-state index contributed by atoms with van der Waals surface area (Å²) in [5, 5.41) is 0.915. The fraction of sp³-hybridized carbons (Fsp3) is 0.211. The van der Waals surface area contributed by atoms with Crippen molar-refractivity contribution >= 4 is 26.4 Å². The van der Waals surface area contributed by atoms with E-state index < -0.39 is 9.84 Å². The molecule has 4 nitrogen and oxygen atoms in total. The van der Waals surface area contributed by atoms with Crippen LogP contribution in [0.25, 0.3) is 10.9 Å². The number of fused-ring (bicyclic) bond motifs is 1. The highest BCUT2D eigenvalue weighted by molar-refractivity contribution is 7.91. The number of sulfone groups is 1. The van der Waals surface area contributed by atoms with Crippen LogP contribution in [0.3, 0.4) is 0 Å². The van der Waals surface area contributed by atoms with E-state index in [1.54, 1.807) is 30.5 Å². The van der Waals surface area contributed by atoms with Crippen LogP contribution in [0.4, 0.5) is 5.69 Å². The zero-order chi connectivity index (χ0) is 17.2. The number of para-hydroxylation sites is 1. The van der Waals surface area contributed by atoms with Gasteiger partial charge in [0.05, 0.1) is 16.0 Å². The van der Waals surface area contributed by atoms with E-state index in [-0.39, 0.29) is 0 Å². The van der Waals surface area contributed by atoms with Gasteiger partial charge in [0.1, 0.15) is 0 Å². The fourth-order valence-corrected chi connectivity index (χ4v) is 4.43. The highest BCUT2D eigenvalue weighted by Crippen LogP contribution is 2.34. The van der Waals surface area contributed by atoms with E-state index in [0.717, 1.165) is 29.7 Å². The quantitative estimate of drug-likeness (QED) is 0.715. The first kappa shape index (κ1) is 16.5. The van der Waals surface area contributed by atoms with Crippen molar-refractivity contribution in [2.24, 2.45) is 0 Å². The Bertz CT molecular complexity index is 950. The van der Waals surface area contributed by atoms with E-state index in [1.165, 1.54) is 0 Å². The Morgan fingerprint density at radius 3 is 2.21 bits per heavy atom. The number of aromatic nitrogens is 1. The van der Waals surface area contributed by atoms with Crippen LogP contribution >= 0.6 is 0 Å². The van der Waals surface area contributed by atoms with E-state index >= 15 is 0 Å². The number of hydrogen-bond donors (Lipinski definition) is 0. The van der Waals surface area contributed by atoms with E-state index in [0.29, 0.717) is 9.79 Å². The van der Waals surface area contributed by atoms with Crippen LogP contribution in [0.1, 0.15) is 13.8 Å². The van der Waals surface area contributed by atoms with Crippen LogP contribution in [-0.2, 0) is 9.84 Å². The molecule has 0 saturated carbocycles. The molecule has 0 amide bonds. The third-order valence-electron chi connectivity index (χ3n) is 4.20. The average Bonchev–Trinajstić information content (AvgIpc) is 2.63. The number of rotatable bonds is 5. The molecule has 0 aliphatic carbocycles. The summed E-state index contributed by atoms with van der Waals surface area (Å²) in [4.78, 5) is 5.85. The second-order valence-electron chi connectivity index (χ2n) is 5.54. The summed E-state index contributed by atoms with van der Waals surface area (Å²) in [6.45, 7) is 5.55. The molecule has 0 saturated heterocycles. The van der Waals surface area contributed by atoms with Crippen LogP contribution in [0.2, 0.25) is 0 Å². The Hall–Kier alpha value is -2.40. The number of aromatic amines is 1. The number of benzene rings is 2. The summed E-state index contributed by atoms with van der Waals surface area (Å²) < 4.78 is 26.4. The molecule has 1 heterocycles. The average molecular weight is 341 g/mol. The summed E-state index contributed by atoms with van der Waals surface area (Å²) in [6, 6.07) is 16.4. The molecule has 3 aromatic rings. The van der Waals surface area contributed by atoms with Crippen molar-refractivity contribution in [3.63, 3.8) is 0 Å². The molecule has 5 heteroatoms. The maximum atomic E-state index is 13.2. The largest absolute Gasteiger partial charge is 0.370 e. The fourth-order valence-electron chi connectivity index (χ4n) is 2.96. The summed E-state index contributed by atoms with van der Waals surface area (Å²) in [5.41, 5.74) is 1.68. The number of nitrogens with zero attached hydrogens (tertiary/aromatic N) is 1. The van der Waals surface area contributed by atoms with Crippen LogP contribution in [-0.4, -0.2) is 21.5 Å². The second-order valence-corrected chi connectivity index (χ2v) is 7.45. The van der Waals surface area contributed by atoms with E-state index in [1.807, 2.05) is 44.2 Å². The first-order valence-electron chi connectivity index (χ1n) is 8.08. The predicted molar refractivity (Wildman–Crippen MR) is 96.0 cm³/mol. The van der Waals surface area contributed by atoms with Gasteiger partial charge in [-0.05, 0) is 32.0 Å². The van der Waals surface area contributed by atoms with Crippen LogP contribution < -0.4 is 9.88 Å². The summed E-state index contributed by atoms with van der Waals surface area (Å²) >= 11 is 0. The molecule has 0 bridgehead atoms. The molecule has 0 aliphatic heterocycles. The maximum absolute atomic E-state index is 13.2. The highest BCUT2D eigenvalue weighted by Gasteiger charge is 2.28. The highest BCUT2D eigenvalue weighted by atomic mass is 32.2. The Balaban J connectivity index is 2.34. The van der Waals surface area contributed by atoms with Gasteiger partial charge in [-0.25, -0.2) is 13.4 Å². The number of hydrogen-bond acceptors (Lipinski definition) is 3. The number of pyridine rings is 1. The summed E-state index contributed by atoms with van der Waals surface area (Å²) in [6.07, 6.45) is 1.61. The lowest BCUT2D eigenvalue weighted by Crippen LogP contribution is -2.26. The first-order valence-corrected chi connectivity index (χ1v) is 9.56. The number of anilines is 1. The van der Waals surface area contributed by atoms with Crippen LogP contribution in [0.5, 0.6) is 0 Å². The van der Waals surface area contributed by atoms with Crippen molar-refractivity contribution in [3.05, 3.63) is 60.8 Å². The Labute approximate surface area is 142 Å².